The first-order valence-corrected chi connectivity index (χ1v) is 9.44. The van der Waals surface area contributed by atoms with E-state index >= 15 is 0 Å². The Bertz CT molecular complexity index is 762. The van der Waals surface area contributed by atoms with Crippen LogP contribution in [0.25, 0.3) is 0 Å². The van der Waals surface area contributed by atoms with Crippen molar-refractivity contribution in [1.82, 2.24) is 10.3 Å². The van der Waals surface area contributed by atoms with E-state index < -0.39 is 18.1 Å². The van der Waals surface area contributed by atoms with Gasteiger partial charge in [-0.15, -0.1) is 0 Å². The Kier molecular flexibility index (Phi) is 8.03. The summed E-state index contributed by atoms with van der Waals surface area (Å²) in [4.78, 5) is 27.1. The van der Waals surface area contributed by atoms with Gasteiger partial charge in [-0.05, 0) is 17.2 Å². The number of pyridine rings is 1. The standard InChI is InChI=1S/C17H16Cl2N2O4S/c18-13-6-15(19)20-7-12(13)9-26-10-14(16(22)23)21-17(24)25-8-11-4-2-1-3-5-11/h1-7,14H,8-10H2,(H,21,24)(H,22,23). The van der Waals surface area contributed by atoms with E-state index in [0.717, 1.165) is 11.1 Å². The molecule has 0 aliphatic carbocycles. The number of aliphatic carboxylic acids is 1. The number of amides is 1. The summed E-state index contributed by atoms with van der Waals surface area (Å²) in [6.07, 6.45) is 0.752. The van der Waals surface area contributed by atoms with Crippen molar-refractivity contribution < 1.29 is 19.4 Å². The van der Waals surface area contributed by atoms with Crippen LogP contribution in [0.5, 0.6) is 0 Å². The molecule has 2 rings (SSSR count). The van der Waals surface area contributed by atoms with Crippen LogP contribution in [-0.4, -0.2) is 33.9 Å². The second kappa shape index (κ2) is 10.3. The molecular formula is C17H16Cl2N2O4S. The summed E-state index contributed by atoms with van der Waals surface area (Å²) in [5, 5.41) is 12.3. The van der Waals surface area contributed by atoms with E-state index in [1.165, 1.54) is 24.0 Å². The summed E-state index contributed by atoms with van der Waals surface area (Å²) in [6.45, 7) is 0.0677. The third kappa shape index (κ3) is 6.74. The fraction of sp³-hybridized carbons (Fsp3) is 0.235. The zero-order valence-electron chi connectivity index (χ0n) is 13.5. The summed E-state index contributed by atoms with van der Waals surface area (Å²) in [5.41, 5.74) is 1.55. The summed E-state index contributed by atoms with van der Waals surface area (Å²) < 4.78 is 5.04. The molecule has 0 aliphatic heterocycles. The van der Waals surface area contributed by atoms with Crippen molar-refractivity contribution in [2.45, 2.75) is 18.4 Å². The molecule has 26 heavy (non-hydrogen) atoms. The highest BCUT2D eigenvalue weighted by atomic mass is 35.5. The van der Waals surface area contributed by atoms with Crippen LogP contribution in [0.4, 0.5) is 4.79 Å². The number of carbonyl (C=O) groups is 2. The van der Waals surface area contributed by atoms with Crippen molar-refractivity contribution in [3.05, 3.63) is 63.9 Å². The lowest BCUT2D eigenvalue weighted by Gasteiger charge is -2.14. The number of carbonyl (C=O) groups excluding carboxylic acids is 1. The number of nitrogens with one attached hydrogen (secondary N) is 1. The highest BCUT2D eigenvalue weighted by molar-refractivity contribution is 7.98. The van der Waals surface area contributed by atoms with Crippen molar-refractivity contribution in [3.8, 4) is 0 Å². The maximum absolute atomic E-state index is 11.8. The Morgan fingerprint density at radius 2 is 2.00 bits per heavy atom. The molecule has 9 heteroatoms. The summed E-state index contributed by atoms with van der Waals surface area (Å²) >= 11 is 13.1. The van der Waals surface area contributed by atoms with Crippen molar-refractivity contribution in [2.75, 3.05) is 5.75 Å². The summed E-state index contributed by atoms with van der Waals surface area (Å²) in [5.74, 6) is -0.558. The third-order valence-corrected chi connectivity index (χ3v) is 4.88. The number of thioether (sulfide) groups is 1. The van der Waals surface area contributed by atoms with E-state index in [-0.39, 0.29) is 17.5 Å². The average molecular weight is 415 g/mol. The molecule has 1 amide bonds. The molecule has 2 N–H and O–H groups in total. The van der Waals surface area contributed by atoms with E-state index in [1.54, 1.807) is 0 Å². The predicted molar refractivity (Wildman–Crippen MR) is 102 cm³/mol. The van der Waals surface area contributed by atoms with E-state index in [1.807, 2.05) is 30.3 Å². The van der Waals surface area contributed by atoms with Crippen LogP contribution in [0.15, 0.2) is 42.6 Å². The zero-order valence-corrected chi connectivity index (χ0v) is 15.9. The van der Waals surface area contributed by atoms with E-state index in [2.05, 4.69) is 10.3 Å². The van der Waals surface area contributed by atoms with Gasteiger partial charge in [-0.3, -0.25) is 0 Å². The van der Waals surface area contributed by atoms with Crippen molar-refractivity contribution in [3.63, 3.8) is 0 Å². The zero-order chi connectivity index (χ0) is 18.9. The Hall–Kier alpha value is -1.96. The fourth-order valence-corrected chi connectivity index (χ4v) is 3.45. The number of hydrogen-bond acceptors (Lipinski definition) is 5. The first-order valence-electron chi connectivity index (χ1n) is 7.53. The summed E-state index contributed by atoms with van der Waals surface area (Å²) in [7, 11) is 0. The second-order valence-electron chi connectivity index (χ2n) is 5.21. The van der Waals surface area contributed by atoms with Gasteiger partial charge in [-0.25, -0.2) is 14.6 Å². The SMILES string of the molecule is O=C(NC(CSCc1cnc(Cl)cc1Cl)C(=O)O)OCc1ccccc1. The molecule has 1 aromatic carbocycles. The minimum atomic E-state index is -1.14. The van der Waals surface area contributed by atoms with Gasteiger partial charge in [0, 0.05) is 22.7 Å². The van der Waals surface area contributed by atoms with E-state index in [4.69, 9.17) is 27.9 Å². The lowest BCUT2D eigenvalue weighted by Crippen LogP contribution is -2.42. The molecule has 2 aromatic rings. The minimum Gasteiger partial charge on any atom is -0.480 e. The largest absolute Gasteiger partial charge is 0.480 e. The number of benzene rings is 1. The molecule has 6 nitrogen and oxygen atoms in total. The monoisotopic (exact) mass is 414 g/mol. The molecular weight excluding hydrogens is 399 g/mol. The third-order valence-electron chi connectivity index (χ3n) is 3.24. The molecule has 0 aliphatic rings. The van der Waals surface area contributed by atoms with Crippen LogP contribution in [0, 0.1) is 0 Å². The molecule has 0 radical (unpaired) electrons. The number of alkyl carbamates (subject to hydrolysis) is 1. The average Bonchev–Trinajstić information content (AvgIpc) is 2.61. The first kappa shape index (κ1) is 20.4. The lowest BCUT2D eigenvalue weighted by atomic mass is 10.2. The number of hydrogen-bond donors (Lipinski definition) is 2. The molecule has 0 bridgehead atoms. The number of nitrogens with zero attached hydrogens (tertiary/aromatic N) is 1. The molecule has 1 unspecified atom stereocenters. The number of aromatic nitrogens is 1. The predicted octanol–water partition coefficient (Wildman–Crippen LogP) is 4.00. The maximum Gasteiger partial charge on any atom is 0.408 e. The molecule has 1 aromatic heterocycles. The Morgan fingerprint density at radius 1 is 1.27 bits per heavy atom. The van der Waals surface area contributed by atoms with Crippen molar-refractivity contribution >= 4 is 47.0 Å². The molecule has 0 saturated heterocycles. The highest BCUT2D eigenvalue weighted by Crippen LogP contribution is 2.23. The lowest BCUT2D eigenvalue weighted by molar-refractivity contribution is -0.138. The molecule has 0 saturated carbocycles. The maximum atomic E-state index is 11.8. The van der Waals surface area contributed by atoms with Gasteiger partial charge in [-0.1, -0.05) is 53.5 Å². The van der Waals surface area contributed by atoms with Gasteiger partial charge in [0.05, 0.1) is 0 Å². The van der Waals surface area contributed by atoms with Crippen LogP contribution in [-0.2, 0) is 21.9 Å². The van der Waals surface area contributed by atoms with E-state index in [9.17, 15) is 14.7 Å². The Morgan fingerprint density at radius 3 is 2.65 bits per heavy atom. The van der Waals surface area contributed by atoms with Crippen LogP contribution in [0.1, 0.15) is 11.1 Å². The van der Waals surface area contributed by atoms with Crippen LogP contribution >= 0.6 is 35.0 Å². The summed E-state index contributed by atoms with van der Waals surface area (Å²) in [6, 6.07) is 9.55. The Balaban J connectivity index is 1.80. The number of ether oxygens (including phenoxy) is 1. The molecule has 0 fully saturated rings. The smallest absolute Gasteiger partial charge is 0.408 e. The topological polar surface area (TPSA) is 88.5 Å². The van der Waals surface area contributed by atoms with Crippen molar-refractivity contribution in [2.24, 2.45) is 0 Å². The van der Waals surface area contributed by atoms with Gasteiger partial charge in [0.2, 0.25) is 0 Å². The Labute approximate surface area is 164 Å². The number of carboxylic acid groups (broad SMARTS) is 1. The second-order valence-corrected chi connectivity index (χ2v) is 7.04. The van der Waals surface area contributed by atoms with Gasteiger partial charge >= 0.3 is 12.1 Å². The van der Waals surface area contributed by atoms with Gasteiger partial charge in [0.15, 0.2) is 0 Å². The number of rotatable bonds is 8. The fourth-order valence-electron chi connectivity index (χ4n) is 1.91. The highest BCUT2D eigenvalue weighted by Gasteiger charge is 2.21. The van der Waals surface area contributed by atoms with Gasteiger partial charge in [0.1, 0.15) is 17.8 Å². The van der Waals surface area contributed by atoms with Crippen LogP contribution in [0.3, 0.4) is 0 Å². The minimum absolute atomic E-state index is 0.0677. The first-order chi connectivity index (χ1) is 12.5. The van der Waals surface area contributed by atoms with Gasteiger partial charge in [0.25, 0.3) is 0 Å². The van der Waals surface area contributed by atoms with Crippen molar-refractivity contribution in [1.29, 1.82) is 0 Å². The van der Waals surface area contributed by atoms with Gasteiger partial charge in [-0.2, -0.15) is 11.8 Å². The molecule has 1 atom stereocenters. The normalized spacial score (nSPS) is 11.6. The number of halogens is 2. The number of carboxylic acids is 1. The quantitative estimate of drug-likeness (QED) is 0.634. The van der Waals surface area contributed by atoms with Gasteiger partial charge < -0.3 is 15.2 Å². The molecule has 138 valence electrons. The van der Waals surface area contributed by atoms with Crippen LogP contribution in [0.2, 0.25) is 10.2 Å². The van der Waals surface area contributed by atoms with Crippen LogP contribution < -0.4 is 5.32 Å². The van der Waals surface area contributed by atoms with E-state index in [0.29, 0.717) is 10.8 Å². The molecule has 0 spiro atoms. The molecule has 1 heterocycles.